The van der Waals surface area contributed by atoms with Crippen LogP contribution in [0, 0.1) is 11.6 Å². The lowest BCUT2D eigenvalue weighted by molar-refractivity contribution is 0.486. The van der Waals surface area contributed by atoms with Crippen molar-refractivity contribution < 1.29 is 13.5 Å². The van der Waals surface area contributed by atoms with Gasteiger partial charge in [0.1, 0.15) is 23.1 Å². The second kappa shape index (κ2) is 10.8. The maximum absolute atomic E-state index is 15.7. The Kier molecular flexibility index (Phi) is 6.32. The number of hydrogen-bond acceptors (Lipinski definition) is 3. The van der Waals surface area contributed by atoms with E-state index in [-0.39, 0.29) is 18.3 Å². The van der Waals surface area contributed by atoms with E-state index in [0.717, 1.165) is 65.1 Å². The molecule has 0 aliphatic carbocycles. The summed E-state index contributed by atoms with van der Waals surface area (Å²) in [6.45, 7) is -0.0142. The summed E-state index contributed by atoms with van der Waals surface area (Å²) in [7, 11) is -3.23. The highest BCUT2D eigenvalue weighted by molar-refractivity contribution is 8.00. The molecule has 3 heterocycles. The predicted molar refractivity (Wildman–Crippen MR) is 200 cm³/mol. The van der Waals surface area contributed by atoms with Crippen LogP contribution in [0.15, 0.2) is 168 Å². The van der Waals surface area contributed by atoms with E-state index in [4.69, 9.17) is 4.74 Å². The van der Waals surface area contributed by atoms with Crippen LogP contribution >= 0.6 is 11.8 Å². The molecule has 0 aromatic heterocycles. The third-order valence-corrected chi connectivity index (χ3v) is 16.2. The van der Waals surface area contributed by atoms with Crippen molar-refractivity contribution in [2.75, 3.05) is 4.90 Å². The van der Waals surface area contributed by atoms with Gasteiger partial charge in [-0.15, -0.1) is 0 Å². The molecule has 7 heteroatoms. The molecular formula is C42H26BF2NOSSi. The van der Waals surface area contributed by atoms with Crippen molar-refractivity contribution in [3.63, 3.8) is 0 Å². The van der Waals surface area contributed by atoms with Gasteiger partial charge in [-0.3, -0.25) is 0 Å². The van der Waals surface area contributed by atoms with Crippen molar-refractivity contribution in [2.45, 2.75) is 9.79 Å². The zero-order valence-electron chi connectivity index (χ0n) is 26.1. The number of rotatable bonds is 3. The summed E-state index contributed by atoms with van der Waals surface area (Å²) < 4.78 is 38.0. The molecule has 0 amide bonds. The summed E-state index contributed by atoms with van der Waals surface area (Å²) in [4.78, 5) is 4.49. The highest BCUT2D eigenvalue weighted by atomic mass is 32.2. The fourth-order valence-corrected chi connectivity index (χ4v) is 14.6. The summed E-state index contributed by atoms with van der Waals surface area (Å²) in [5.41, 5.74) is 6.23. The van der Waals surface area contributed by atoms with E-state index in [1.54, 1.807) is 36.0 Å². The second-order valence-corrected chi connectivity index (χ2v) is 17.5. The van der Waals surface area contributed by atoms with Crippen LogP contribution < -0.4 is 46.8 Å². The summed E-state index contributed by atoms with van der Waals surface area (Å²) in [6, 6.07) is 51.9. The zero-order chi connectivity index (χ0) is 32.7. The lowest BCUT2D eigenvalue weighted by Gasteiger charge is -2.46. The SMILES string of the molecule is Fc1ccc2c(c1)[Si](c1ccccc1)(c1ccccc1)c1cc(F)ccc1N2c1ccc2c3c1Sc1ccccc1B3c1ccccc1O2. The van der Waals surface area contributed by atoms with E-state index in [9.17, 15) is 0 Å². The highest BCUT2D eigenvalue weighted by Crippen LogP contribution is 2.47. The first-order valence-corrected chi connectivity index (χ1v) is 19.2. The van der Waals surface area contributed by atoms with Crippen molar-refractivity contribution in [1.29, 1.82) is 0 Å². The van der Waals surface area contributed by atoms with Gasteiger partial charge in [0.15, 0.2) is 8.07 Å². The number of para-hydroxylation sites is 1. The van der Waals surface area contributed by atoms with Gasteiger partial charge in [-0.05, 0) is 92.3 Å². The molecule has 0 bridgehead atoms. The van der Waals surface area contributed by atoms with Crippen molar-refractivity contribution in [3.05, 3.63) is 169 Å². The lowest BCUT2D eigenvalue weighted by Crippen LogP contribution is -2.77. The van der Waals surface area contributed by atoms with Gasteiger partial charge >= 0.3 is 0 Å². The first kappa shape index (κ1) is 28.6. The minimum absolute atomic E-state index is 0.0142. The third-order valence-electron chi connectivity index (χ3n) is 10.2. The molecule has 7 aromatic rings. The molecule has 0 atom stereocenters. The number of hydrogen-bond donors (Lipinski definition) is 0. The molecule has 0 spiro atoms. The Bertz CT molecular complexity index is 2350. The van der Waals surface area contributed by atoms with Crippen molar-refractivity contribution in [1.82, 2.24) is 0 Å². The predicted octanol–water partition coefficient (Wildman–Crippen LogP) is 6.21. The van der Waals surface area contributed by atoms with Crippen LogP contribution in [0.3, 0.4) is 0 Å². The molecular weight excluding hydrogens is 643 g/mol. The topological polar surface area (TPSA) is 12.5 Å². The van der Waals surface area contributed by atoms with Crippen LogP contribution in [0.1, 0.15) is 0 Å². The highest BCUT2D eigenvalue weighted by Gasteiger charge is 2.50. The molecule has 0 saturated carbocycles. The quantitative estimate of drug-likeness (QED) is 0.208. The van der Waals surface area contributed by atoms with Gasteiger partial charge in [-0.25, -0.2) is 8.78 Å². The number of ether oxygens (including phenoxy) is 1. The van der Waals surface area contributed by atoms with Gasteiger partial charge in [0.2, 0.25) is 0 Å². The molecule has 2 nitrogen and oxygen atoms in total. The number of fused-ring (bicyclic) bond motifs is 6. The monoisotopic (exact) mass is 669 g/mol. The largest absolute Gasteiger partial charge is 0.458 e. The molecule has 0 saturated heterocycles. The lowest BCUT2D eigenvalue weighted by atomic mass is 9.35. The first-order chi connectivity index (χ1) is 24.1. The Balaban J connectivity index is 1.30. The van der Waals surface area contributed by atoms with Gasteiger partial charge in [-0.1, -0.05) is 114 Å². The maximum atomic E-state index is 15.7. The minimum Gasteiger partial charge on any atom is -0.458 e. The van der Waals surface area contributed by atoms with E-state index in [0.29, 0.717) is 0 Å². The molecule has 10 rings (SSSR count). The molecule has 0 unspecified atom stereocenters. The molecule has 0 N–H and O–H groups in total. The number of nitrogens with zero attached hydrogens (tertiary/aromatic N) is 1. The Morgan fingerprint density at radius 3 is 1.73 bits per heavy atom. The number of benzene rings is 7. The van der Waals surface area contributed by atoms with Crippen molar-refractivity contribution >= 4 is 80.7 Å². The van der Waals surface area contributed by atoms with E-state index >= 15 is 8.78 Å². The molecule has 232 valence electrons. The summed E-state index contributed by atoms with van der Waals surface area (Å²) in [6.07, 6.45) is 0. The fourth-order valence-electron chi connectivity index (χ4n) is 8.25. The standard InChI is InChI=1S/C42H26BF2NOSSi/c44-27-19-21-33-39(25-27)49(29-11-3-1-4-12-29,30-13-5-2-6-14-30)40-26-28(45)20-22-34(40)46(33)35-23-24-37-41-42(35)48-38-18-10-8-16-32(38)43(41)31-15-7-9-17-36(31)47-37/h1-26H. The smallest absolute Gasteiger partial charge is 0.253 e. The van der Waals surface area contributed by atoms with Crippen molar-refractivity contribution in [3.8, 4) is 11.5 Å². The number of halogens is 2. The molecule has 0 radical (unpaired) electrons. The molecule has 49 heavy (non-hydrogen) atoms. The molecule has 3 aliphatic heterocycles. The van der Waals surface area contributed by atoms with E-state index < -0.39 is 8.07 Å². The van der Waals surface area contributed by atoms with Gasteiger partial charge in [0.05, 0.1) is 5.69 Å². The Morgan fingerprint density at radius 2 is 1.08 bits per heavy atom. The summed E-state index contributed by atoms with van der Waals surface area (Å²) in [5.74, 6) is 1.06. The van der Waals surface area contributed by atoms with Crippen LogP contribution in [0.5, 0.6) is 11.5 Å². The molecule has 0 fully saturated rings. The maximum Gasteiger partial charge on any atom is 0.253 e. The Labute approximate surface area is 288 Å². The average molecular weight is 670 g/mol. The third kappa shape index (κ3) is 4.06. The molecule has 7 aromatic carbocycles. The number of anilines is 3. The zero-order valence-corrected chi connectivity index (χ0v) is 27.9. The van der Waals surface area contributed by atoms with Crippen LogP contribution in [0.2, 0.25) is 0 Å². The Morgan fingerprint density at radius 1 is 0.531 bits per heavy atom. The minimum atomic E-state index is -3.23. The second-order valence-electron chi connectivity index (χ2n) is 12.7. The van der Waals surface area contributed by atoms with Gasteiger partial charge in [0, 0.05) is 21.2 Å². The molecule has 3 aliphatic rings. The van der Waals surface area contributed by atoms with Gasteiger partial charge in [-0.2, -0.15) is 0 Å². The normalized spacial score (nSPS) is 14.5. The van der Waals surface area contributed by atoms with Crippen LogP contribution in [-0.4, -0.2) is 14.8 Å². The van der Waals surface area contributed by atoms with E-state index in [1.165, 1.54) is 10.4 Å². The average Bonchev–Trinajstić information content (AvgIpc) is 3.15. The van der Waals surface area contributed by atoms with Crippen LogP contribution in [0.25, 0.3) is 0 Å². The van der Waals surface area contributed by atoms with Crippen LogP contribution in [0.4, 0.5) is 25.8 Å². The van der Waals surface area contributed by atoms with Gasteiger partial charge < -0.3 is 9.64 Å². The Hall–Kier alpha value is -5.37. The van der Waals surface area contributed by atoms with Crippen molar-refractivity contribution in [2.24, 2.45) is 0 Å². The summed E-state index contributed by atoms with van der Waals surface area (Å²) in [5, 5.41) is 3.90. The van der Waals surface area contributed by atoms with Gasteiger partial charge in [0.25, 0.3) is 6.71 Å². The first-order valence-electron chi connectivity index (χ1n) is 16.3. The van der Waals surface area contributed by atoms with E-state index in [2.05, 4.69) is 77.7 Å². The summed E-state index contributed by atoms with van der Waals surface area (Å²) >= 11 is 1.73. The van der Waals surface area contributed by atoms with E-state index in [1.807, 2.05) is 60.7 Å². The van der Waals surface area contributed by atoms with Crippen LogP contribution in [-0.2, 0) is 0 Å². The fraction of sp³-hybridized carbons (Fsp3) is 0.